The van der Waals surface area contributed by atoms with Gasteiger partial charge in [0.15, 0.2) is 0 Å². The molecular weight excluding hydrogens is 366 g/mol. The van der Waals surface area contributed by atoms with Crippen molar-refractivity contribution in [3.8, 4) is 5.75 Å². The molecule has 1 saturated carbocycles. The summed E-state index contributed by atoms with van der Waals surface area (Å²) in [6, 6.07) is 12.4. The maximum absolute atomic E-state index is 12.5. The first-order valence-electron chi connectivity index (χ1n) is 10.6. The van der Waals surface area contributed by atoms with Crippen LogP contribution in [-0.4, -0.2) is 40.3 Å². The van der Waals surface area contributed by atoms with E-state index >= 15 is 0 Å². The minimum absolute atomic E-state index is 0.144. The second-order valence-electron chi connectivity index (χ2n) is 8.71. The number of piperidine rings is 1. The zero-order valence-electron chi connectivity index (χ0n) is 16.6. The third kappa shape index (κ3) is 2.69. The Hall–Kier alpha value is -2.76. The maximum atomic E-state index is 12.5. The molecule has 1 aliphatic carbocycles. The van der Waals surface area contributed by atoms with Gasteiger partial charge in [0.1, 0.15) is 23.0 Å². The minimum atomic E-state index is -0.497. The van der Waals surface area contributed by atoms with Gasteiger partial charge in [-0.2, -0.15) is 5.10 Å². The number of fused-ring (bicyclic) bond motifs is 4. The Labute approximate surface area is 170 Å². The number of carbonyl (C=O) groups excluding carboxylic acids is 1. The maximum Gasteiger partial charge on any atom is 0.225 e. The standard InChI is InChI=1S/C23H25N3O3/c1-15-6-9-21(28-15)18-14-19-17-4-2-3-5-20(17)29-23(26(19)24-18)10-12-25(13-11-23)22(27)16-7-8-16/h2-6,9,16,19H,7-8,10-14H2,1H3. The molecule has 1 amide bonds. The highest BCUT2D eigenvalue weighted by Crippen LogP contribution is 2.50. The van der Waals surface area contributed by atoms with E-state index in [-0.39, 0.29) is 12.0 Å². The number of para-hydroxylation sites is 1. The van der Waals surface area contributed by atoms with E-state index in [0.29, 0.717) is 5.91 Å². The largest absolute Gasteiger partial charge is 0.466 e. The van der Waals surface area contributed by atoms with Crippen molar-refractivity contribution < 1.29 is 13.9 Å². The van der Waals surface area contributed by atoms with Crippen LogP contribution < -0.4 is 4.74 Å². The van der Waals surface area contributed by atoms with E-state index in [1.165, 1.54) is 5.56 Å². The summed E-state index contributed by atoms with van der Waals surface area (Å²) in [5, 5.41) is 7.18. The normalized spacial score (nSPS) is 24.7. The molecule has 1 spiro atoms. The van der Waals surface area contributed by atoms with Crippen LogP contribution in [0.5, 0.6) is 5.75 Å². The van der Waals surface area contributed by atoms with Crippen molar-refractivity contribution in [2.24, 2.45) is 11.0 Å². The number of aryl methyl sites for hydroxylation is 1. The SMILES string of the molecule is Cc1ccc(C2=NN3C(C2)c2ccccc2OC32CCN(C(=O)C3CC3)CC2)o1. The van der Waals surface area contributed by atoms with Gasteiger partial charge in [0.2, 0.25) is 11.6 Å². The lowest BCUT2D eigenvalue weighted by molar-refractivity contribution is -0.160. The Kier molecular flexibility index (Phi) is 3.61. The van der Waals surface area contributed by atoms with Gasteiger partial charge >= 0.3 is 0 Å². The molecule has 1 aromatic heterocycles. The van der Waals surface area contributed by atoms with Gasteiger partial charge in [-0.05, 0) is 38.0 Å². The molecule has 2 aromatic rings. The van der Waals surface area contributed by atoms with Crippen LogP contribution in [0.3, 0.4) is 0 Å². The van der Waals surface area contributed by atoms with Crippen molar-refractivity contribution >= 4 is 11.6 Å². The van der Waals surface area contributed by atoms with Crippen LogP contribution in [0.2, 0.25) is 0 Å². The molecule has 3 aliphatic heterocycles. The lowest BCUT2D eigenvalue weighted by Crippen LogP contribution is -2.59. The zero-order chi connectivity index (χ0) is 19.6. The molecule has 4 aliphatic rings. The second kappa shape index (κ2) is 6.12. The fraction of sp³-hybridized carbons (Fsp3) is 0.478. The summed E-state index contributed by atoms with van der Waals surface area (Å²) in [5.74, 6) is 3.27. The van der Waals surface area contributed by atoms with Gasteiger partial charge in [-0.15, -0.1) is 0 Å². The van der Waals surface area contributed by atoms with Crippen molar-refractivity contribution in [1.82, 2.24) is 9.91 Å². The third-order valence-corrected chi connectivity index (χ3v) is 6.71. The number of amides is 1. The number of rotatable bonds is 2. The Bertz CT molecular complexity index is 998. The molecule has 2 fully saturated rings. The lowest BCUT2D eigenvalue weighted by atomic mass is 9.91. The van der Waals surface area contributed by atoms with E-state index in [4.69, 9.17) is 14.3 Å². The van der Waals surface area contributed by atoms with Gasteiger partial charge in [-0.3, -0.25) is 4.79 Å². The summed E-state index contributed by atoms with van der Waals surface area (Å²) in [5.41, 5.74) is 1.65. The van der Waals surface area contributed by atoms with Gasteiger partial charge in [-0.25, -0.2) is 5.01 Å². The fourth-order valence-corrected chi connectivity index (χ4v) is 4.96. The van der Waals surface area contributed by atoms with E-state index in [1.54, 1.807) is 0 Å². The Balaban J connectivity index is 1.34. The van der Waals surface area contributed by atoms with Crippen molar-refractivity contribution in [2.75, 3.05) is 13.1 Å². The van der Waals surface area contributed by atoms with E-state index < -0.39 is 5.72 Å². The van der Waals surface area contributed by atoms with Gasteiger partial charge in [0.05, 0.1) is 6.04 Å². The van der Waals surface area contributed by atoms with Crippen LogP contribution in [0.15, 0.2) is 45.9 Å². The minimum Gasteiger partial charge on any atom is -0.466 e. The zero-order valence-corrected chi connectivity index (χ0v) is 16.6. The molecule has 1 unspecified atom stereocenters. The molecule has 29 heavy (non-hydrogen) atoms. The molecule has 1 saturated heterocycles. The number of hydrazone groups is 1. The predicted molar refractivity (Wildman–Crippen MR) is 108 cm³/mol. The Morgan fingerprint density at radius 2 is 1.93 bits per heavy atom. The molecule has 1 atom stereocenters. The predicted octanol–water partition coefficient (Wildman–Crippen LogP) is 3.86. The third-order valence-electron chi connectivity index (χ3n) is 6.71. The highest BCUT2D eigenvalue weighted by molar-refractivity contribution is 5.99. The first-order valence-corrected chi connectivity index (χ1v) is 10.6. The highest BCUT2D eigenvalue weighted by atomic mass is 16.5. The average Bonchev–Trinajstić information content (AvgIpc) is 3.33. The van der Waals surface area contributed by atoms with Gasteiger partial charge in [0, 0.05) is 43.8 Å². The summed E-state index contributed by atoms with van der Waals surface area (Å²) < 4.78 is 12.5. The summed E-state index contributed by atoms with van der Waals surface area (Å²) in [4.78, 5) is 14.6. The molecule has 0 N–H and O–H groups in total. The number of likely N-dealkylation sites (tertiary alicyclic amines) is 1. The monoisotopic (exact) mass is 391 g/mol. The Morgan fingerprint density at radius 1 is 1.14 bits per heavy atom. The fourth-order valence-electron chi connectivity index (χ4n) is 4.96. The van der Waals surface area contributed by atoms with Crippen LogP contribution in [0.4, 0.5) is 0 Å². The van der Waals surface area contributed by atoms with Crippen LogP contribution >= 0.6 is 0 Å². The van der Waals surface area contributed by atoms with E-state index in [1.807, 2.05) is 30.0 Å². The molecule has 0 bridgehead atoms. The number of hydrogen-bond donors (Lipinski definition) is 0. The quantitative estimate of drug-likeness (QED) is 0.780. The summed E-state index contributed by atoms with van der Waals surface area (Å²) in [6.45, 7) is 3.41. The van der Waals surface area contributed by atoms with Gasteiger partial charge in [-0.1, -0.05) is 18.2 Å². The summed E-state index contributed by atoms with van der Waals surface area (Å²) >= 11 is 0. The van der Waals surface area contributed by atoms with Crippen molar-refractivity contribution in [3.63, 3.8) is 0 Å². The molecule has 4 heterocycles. The topological polar surface area (TPSA) is 58.3 Å². The number of hydrogen-bond acceptors (Lipinski definition) is 5. The molecule has 6 heteroatoms. The molecule has 150 valence electrons. The van der Waals surface area contributed by atoms with Crippen LogP contribution in [0.1, 0.15) is 55.2 Å². The molecule has 1 aromatic carbocycles. The van der Waals surface area contributed by atoms with Crippen molar-refractivity contribution in [1.29, 1.82) is 0 Å². The smallest absolute Gasteiger partial charge is 0.225 e. The lowest BCUT2D eigenvalue weighted by Gasteiger charge is -2.51. The van der Waals surface area contributed by atoms with E-state index in [9.17, 15) is 4.79 Å². The number of benzene rings is 1. The summed E-state index contributed by atoms with van der Waals surface area (Å²) in [6.07, 6.45) is 4.44. The molecule has 6 rings (SSSR count). The van der Waals surface area contributed by atoms with E-state index in [0.717, 1.165) is 68.2 Å². The van der Waals surface area contributed by atoms with Gasteiger partial charge < -0.3 is 14.1 Å². The van der Waals surface area contributed by atoms with E-state index in [2.05, 4.69) is 23.2 Å². The number of ether oxygens (including phenoxy) is 1. The second-order valence-corrected chi connectivity index (χ2v) is 8.71. The van der Waals surface area contributed by atoms with Crippen LogP contribution in [-0.2, 0) is 4.79 Å². The summed E-state index contributed by atoms with van der Waals surface area (Å²) in [7, 11) is 0. The first-order chi connectivity index (χ1) is 14.1. The molecule has 0 radical (unpaired) electrons. The first kappa shape index (κ1) is 17.1. The molecule has 6 nitrogen and oxygen atoms in total. The number of carbonyl (C=O) groups is 1. The van der Waals surface area contributed by atoms with Crippen molar-refractivity contribution in [2.45, 2.75) is 50.8 Å². The van der Waals surface area contributed by atoms with Crippen LogP contribution in [0.25, 0.3) is 0 Å². The van der Waals surface area contributed by atoms with Gasteiger partial charge in [0.25, 0.3) is 0 Å². The van der Waals surface area contributed by atoms with Crippen LogP contribution in [0, 0.1) is 12.8 Å². The number of furan rings is 1. The van der Waals surface area contributed by atoms with Crippen molar-refractivity contribution in [3.05, 3.63) is 53.5 Å². The number of nitrogens with zero attached hydrogens (tertiary/aromatic N) is 3. The average molecular weight is 391 g/mol. The Morgan fingerprint density at radius 3 is 2.66 bits per heavy atom. The molecular formula is C23H25N3O3. The highest BCUT2D eigenvalue weighted by Gasteiger charge is 2.53.